The van der Waals surface area contributed by atoms with Crippen LogP contribution >= 0.6 is 34.2 Å². The highest BCUT2D eigenvalue weighted by Gasteiger charge is 2.15. The van der Waals surface area contributed by atoms with E-state index >= 15 is 0 Å². The lowest BCUT2D eigenvalue weighted by Crippen LogP contribution is -2.12. The molecule has 0 heterocycles. The Hall–Kier alpha value is 1.02. The number of alkyl halides is 2. The summed E-state index contributed by atoms with van der Waals surface area (Å²) in [4.78, 5) is 0. The van der Waals surface area contributed by atoms with E-state index in [0.29, 0.717) is 5.38 Å². The maximum atomic E-state index is 5.88. The molecule has 1 rings (SSSR count). The Morgan fingerprint density at radius 3 is 2.00 bits per heavy atom. The molecule has 0 aromatic heterocycles. The third-order valence-corrected chi connectivity index (χ3v) is 3.27. The van der Waals surface area contributed by atoms with Crippen LogP contribution in [0.4, 0.5) is 0 Å². The largest absolute Gasteiger partial charge is 0.123 e. The van der Waals surface area contributed by atoms with Gasteiger partial charge in [-0.05, 0) is 25.7 Å². The minimum absolute atomic E-state index is 0.487. The van der Waals surface area contributed by atoms with E-state index in [2.05, 4.69) is 22.6 Å². The van der Waals surface area contributed by atoms with E-state index in [1.165, 1.54) is 25.7 Å². The molecule has 0 amide bonds. The molecule has 1 aliphatic rings. The Kier molecular flexibility index (Phi) is 2.90. The van der Waals surface area contributed by atoms with Gasteiger partial charge in [0, 0.05) is 9.30 Å². The van der Waals surface area contributed by atoms with Gasteiger partial charge < -0.3 is 0 Å². The highest BCUT2D eigenvalue weighted by atomic mass is 127. The van der Waals surface area contributed by atoms with Gasteiger partial charge in [-0.1, -0.05) is 22.6 Å². The number of hydrogen-bond acceptors (Lipinski definition) is 0. The van der Waals surface area contributed by atoms with Crippen molar-refractivity contribution in [2.45, 2.75) is 35.0 Å². The van der Waals surface area contributed by atoms with Crippen molar-refractivity contribution >= 4 is 34.2 Å². The number of halogens is 2. The third kappa shape index (κ3) is 2.09. The molecule has 1 saturated carbocycles. The Balaban J connectivity index is 2.19. The Labute approximate surface area is 69.1 Å². The summed E-state index contributed by atoms with van der Waals surface area (Å²) < 4.78 is 0.905. The van der Waals surface area contributed by atoms with Gasteiger partial charge in [0.05, 0.1) is 0 Å². The van der Waals surface area contributed by atoms with Crippen LogP contribution in [-0.2, 0) is 0 Å². The fourth-order valence-electron chi connectivity index (χ4n) is 1.01. The molecule has 2 heteroatoms. The average molecular weight is 245 g/mol. The lowest BCUT2D eigenvalue weighted by Gasteiger charge is -2.19. The molecule has 0 saturated heterocycles. The topological polar surface area (TPSA) is 0 Å². The molecular formula is C6H10ClI. The fraction of sp³-hybridized carbons (Fsp3) is 1.00. The van der Waals surface area contributed by atoms with E-state index in [1.807, 2.05) is 0 Å². The first-order valence-corrected chi connectivity index (χ1v) is 4.75. The molecule has 0 radical (unpaired) electrons. The second-order valence-corrected chi connectivity index (χ2v) is 4.73. The molecule has 0 atom stereocenters. The van der Waals surface area contributed by atoms with Gasteiger partial charge in [0.25, 0.3) is 0 Å². The third-order valence-electron chi connectivity index (χ3n) is 1.59. The molecule has 8 heavy (non-hydrogen) atoms. The van der Waals surface area contributed by atoms with Crippen LogP contribution in [-0.4, -0.2) is 9.30 Å². The van der Waals surface area contributed by atoms with Crippen molar-refractivity contribution < 1.29 is 0 Å². The fourth-order valence-corrected chi connectivity index (χ4v) is 1.98. The van der Waals surface area contributed by atoms with E-state index in [0.717, 1.165) is 3.92 Å². The zero-order valence-corrected chi connectivity index (χ0v) is 7.65. The van der Waals surface area contributed by atoms with E-state index in [9.17, 15) is 0 Å². The SMILES string of the molecule is ClC1CCC(I)CC1. The molecule has 1 fully saturated rings. The maximum absolute atomic E-state index is 5.88. The van der Waals surface area contributed by atoms with Gasteiger partial charge in [-0.15, -0.1) is 11.6 Å². The van der Waals surface area contributed by atoms with E-state index in [4.69, 9.17) is 11.6 Å². The lowest BCUT2D eigenvalue weighted by molar-refractivity contribution is 0.535. The summed E-state index contributed by atoms with van der Waals surface area (Å²) >= 11 is 8.39. The Morgan fingerprint density at radius 1 is 1.12 bits per heavy atom. The van der Waals surface area contributed by atoms with Gasteiger partial charge in [0.15, 0.2) is 0 Å². The highest BCUT2D eigenvalue weighted by molar-refractivity contribution is 14.1. The van der Waals surface area contributed by atoms with Crippen molar-refractivity contribution in [2.75, 3.05) is 0 Å². The van der Waals surface area contributed by atoms with Gasteiger partial charge in [-0.2, -0.15) is 0 Å². The van der Waals surface area contributed by atoms with Gasteiger partial charge in [0.1, 0.15) is 0 Å². The Bertz CT molecular complexity index is 56.9. The number of rotatable bonds is 0. The van der Waals surface area contributed by atoms with Crippen LogP contribution in [0.2, 0.25) is 0 Å². The second kappa shape index (κ2) is 3.25. The highest BCUT2D eigenvalue weighted by Crippen LogP contribution is 2.27. The second-order valence-electron chi connectivity index (χ2n) is 2.35. The summed E-state index contributed by atoms with van der Waals surface area (Å²) in [7, 11) is 0. The maximum Gasteiger partial charge on any atom is 0.0336 e. The Morgan fingerprint density at radius 2 is 1.62 bits per heavy atom. The molecule has 0 nitrogen and oxygen atoms in total. The zero-order chi connectivity index (χ0) is 5.98. The molecule has 0 unspecified atom stereocenters. The van der Waals surface area contributed by atoms with Gasteiger partial charge >= 0.3 is 0 Å². The molecular weight excluding hydrogens is 234 g/mol. The molecule has 0 bridgehead atoms. The average Bonchev–Trinajstić information content (AvgIpc) is 1.77. The first kappa shape index (κ1) is 7.13. The predicted molar refractivity (Wildman–Crippen MR) is 45.9 cm³/mol. The van der Waals surface area contributed by atoms with Gasteiger partial charge in [-0.3, -0.25) is 0 Å². The summed E-state index contributed by atoms with van der Waals surface area (Å²) in [6.45, 7) is 0. The van der Waals surface area contributed by atoms with Crippen molar-refractivity contribution in [1.29, 1.82) is 0 Å². The first-order chi connectivity index (χ1) is 3.79. The monoisotopic (exact) mass is 244 g/mol. The van der Waals surface area contributed by atoms with Crippen LogP contribution in [0.5, 0.6) is 0 Å². The van der Waals surface area contributed by atoms with Crippen LogP contribution in [0.3, 0.4) is 0 Å². The molecule has 0 aromatic carbocycles. The summed E-state index contributed by atoms with van der Waals surface area (Å²) in [6.07, 6.45) is 5.12. The van der Waals surface area contributed by atoms with E-state index in [1.54, 1.807) is 0 Å². The van der Waals surface area contributed by atoms with Gasteiger partial charge in [0.2, 0.25) is 0 Å². The van der Waals surface area contributed by atoms with Crippen molar-refractivity contribution in [3.8, 4) is 0 Å². The number of hydrogen-bond donors (Lipinski definition) is 0. The first-order valence-electron chi connectivity index (χ1n) is 3.07. The van der Waals surface area contributed by atoms with Crippen LogP contribution in [0.15, 0.2) is 0 Å². The van der Waals surface area contributed by atoms with Crippen molar-refractivity contribution in [1.82, 2.24) is 0 Å². The quantitative estimate of drug-likeness (QED) is 0.454. The van der Waals surface area contributed by atoms with Crippen molar-refractivity contribution in [2.24, 2.45) is 0 Å². The minimum Gasteiger partial charge on any atom is -0.123 e. The van der Waals surface area contributed by atoms with Crippen LogP contribution < -0.4 is 0 Å². The lowest BCUT2D eigenvalue weighted by atomic mass is 10.0. The summed E-state index contributed by atoms with van der Waals surface area (Å²) in [5.41, 5.74) is 0. The van der Waals surface area contributed by atoms with Crippen molar-refractivity contribution in [3.63, 3.8) is 0 Å². The summed E-state index contributed by atoms with van der Waals surface area (Å²) in [5, 5.41) is 0.487. The molecule has 1 aliphatic carbocycles. The normalized spacial score (nSPS) is 39.8. The minimum atomic E-state index is 0.487. The van der Waals surface area contributed by atoms with Crippen LogP contribution in [0.25, 0.3) is 0 Å². The van der Waals surface area contributed by atoms with E-state index < -0.39 is 0 Å². The summed E-state index contributed by atoms with van der Waals surface area (Å²) in [5.74, 6) is 0. The molecule has 0 aliphatic heterocycles. The predicted octanol–water partition coefficient (Wildman–Crippen LogP) is 2.97. The van der Waals surface area contributed by atoms with Crippen LogP contribution in [0.1, 0.15) is 25.7 Å². The van der Waals surface area contributed by atoms with Gasteiger partial charge in [-0.25, -0.2) is 0 Å². The molecule has 0 spiro atoms. The molecule has 0 N–H and O–H groups in total. The molecule has 0 aromatic rings. The summed E-state index contributed by atoms with van der Waals surface area (Å²) in [6, 6.07) is 0. The van der Waals surface area contributed by atoms with E-state index in [-0.39, 0.29) is 0 Å². The van der Waals surface area contributed by atoms with Crippen molar-refractivity contribution in [3.05, 3.63) is 0 Å². The molecule has 48 valence electrons. The zero-order valence-electron chi connectivity index (χ0n) is 4.74. The van der Waals surface area contributed by atoms with Crippen LogP contribution in [0, 0.1) is 0 Å². The smallest absolute Gasteiger partial charge is 0.0336 e. The standard InChI is InChI=1S/C6H10ClI/c7-5-1-3-6(8)4-2-5/h5-6H,1-4H2.